The van der Waals surface area contributed by atoms with Gasteiger partial charge in [-0.25, -0.2) is 0 Å². The molecule has 1 aliphatic rings. The normalized spacial score (nSPS) is 21.8. The number of H-pyrrole nitrogens is 1. The summed E-state index contributed by atoms with van der Waals surface area (Å²) in [5.74, 6) is 0.630. The quantitative estimate of drug-likeness (QED) is 0.589. The molecule has 5 N–H and O–H groups in total. The number of hydrogen-bond donors (Lipinski definition) is 4. The number of rotatable bonds is 5. The molecule has 0 bridgehead atoms. The molecule has 2 amide bonds. The first-order chi connectivity index (χ1) is 10.1. The Hall–Kier alpha value is -1.96. The van der Waals surface area contributed by atoms with Gasteiger partial charge in [-0.3, -0.25) is 9.59 Å². The molecule has 0 aromatic carbocycles. The maximum atomic E-state index is 11.9. The average Bonchev–Trinajstić information content (AvgIpc) is 2.88. The Kier molecular flexibility index (Phi) is 5.26. The molecule has 0 spiro atoms. The lowest BCUT2D eigenvalue weighted by Crippen LogP contribution is -2.44. The Morgan fingerprint density at radius 1 is 1.19 bits per heavy atom. The van der Waals surface area contributed by atoms with Crippen molar-refractivity contribution in [2.45, 2.75) is 51.1 Å². The topological polar surface area (TPSA) is 126 Å². The van der Waals surface area contributed by atoms with E-state index >= 15 is 0 Å². The molecule has 1 heterocycles. The highest BCUT2D eigenvalue weighted by Crippen LogP contribution is 2.19. The van der Waals surface area contributed by atoms with Gasteiger partial charge in [0, 0.05) is 25.0 Å². The second-order valence-electron chi connectivity index (χ2n) is 5.39. The lowest BCUT2D eigenvalue weighted by atomic mass is 9.91. The molecular weight excluding hydrogens is 272 g/mol. The highest BCUT2D eigenvalue weighted by molar-refractivity contribution is 5.90. The predicted octanol–water partition coefficient (Wildman–Crippen LogP) is -0.381. The van der Waals surface area contributed by atoms with E-state index in [9.17, 15) is 9.59 Å². The number of aromatic nitrogens is 3. The molecule has 8 nitrogen and oxygen atoms in total. The number of amides is 2. The molecule has 2 rings (SSSR count). The van der Waals surface area contributed by atoms with Crippen molar-refractivity contribution in [1.82, 2.24) is 25.8 Å². The van der Waals surface area contributed by atoms with Gasteiger partial charge in [-0.2, -0.15) is 0 Å². The van der Waals surface area contributed by atoms with Crippen molar-refractivity contribution in [3.63, 3.8) is 0 Å². The summed E-state index contributed by atoms with van der Waals surface area (Å²) >= 11 is 0. The summed E-state index contributed by atoms with van der Waals surface area (Å²) in [4.78, 5) is 26.2. The molecule has 0 atom stereocenters. The second-order valence-corrected chi connectivity index (χ2v) is 5.39. The number of hydrogen-bond acceptors (Lipinski definition) is 5. The molecule has 21 heavy (non-hydrogen) atoms. The van der Waals surface area contributed by atoms with Crippen LogP contribution in [0.25, 0.3) is 0 Å². The first-order valence-electron chi connectivity index (χ1n) is 7.28. The van der Waals surface area contributed by atoms with Gasteiger partial charge in [0.2, 0.25) is 11.7 Å². The molecular formula is C13H22N6O2. The SMILES string of the molecule is Cc1nnc(C(=O)NC2CCC(NC(=O)CCN)CC2)[nH]1. The number of carbonyl (C=O) groups is 2. The summed E-state index contributed by atoms with van der Waals surface area (Å²) < 4.78 is 0. The number of nitrogens with zero attached hydrogens (tertiary/aromatic N) is 2. The Balaban J connectivity index is 1.74. The zero-order valence-electron chi connectivity index (χ0n) is 12.2. The molecule has 1 aromatic rings. The number of nitrogens with two attached hydrogens (primary N) is 1. The van der Waals surface area contributed by atoms with Crippen LogP contribution in [0.1, 0.15) is 48.5 Å². The van der Waals surface area contributed by atoms with Crippen molar-refractivity contribution in [3.05, 3.63) is 11.6 Å². The molecule has 1 aromatic heterocycles. The molecule has 116 valence electrons. The van der Waals surface area contributed by atoms with Gasteiger partial charge >= 0.3 is 0 Å². The molecule has 1 fully saturated rings. The van der Waals surface area contributed by atoms with E-state index in [-0.39, 0.29) is 29.7 Å². The minimum atomic E-state index is -0.230. The fourth-order valence-corrected chi connectivity index (χ4v) is 2.52. The minimum Gasteiger partial charge on any atom is -0.353 e. The van der Waals surface area contributed by atoms with Crippen LogP contribution < -0.4 is 16.4 Å². The van der Waals surface area contributed by atoms with Crippen LogP contribution in [-0.2, 0) is 4.79 Å². The number of carbonyl (C=O) groups excluding carboxylic acids is 2. The van der Waals surface area contributed by atoms with Gasteiger partial charge in [0.05, 0.1) is 0 Å². The van der Waals surface area contributed by atoms with Gasteiger partial charge in [-0.15, -0.1) is 10.2 Å². The summed E-state index contributed by atoms with van der Waals surface area (Å²) in [7, 11) is 0. The van der Waals surface area contributed by atoms with Gasteiger partial charge in [0.15, 0.2) is 0 Å². The summed E-state index contributed by atoms with van der Waals surface area (Å²) in [6.45, 7) is 2.12. The summed E-state index contributed by atoms with van der Waals surface area (Å²) in [5, 5.41) is 13.4. The largest absolute Gasteiger partial charge is 0.353 e. The van der Waals surface area contributed by atoms with Crippen LogP contribution in [-0.4, -0.2) is 45.6 Å². The van der Waals surface area contributed by atoms with Crippen LogP contribution in [0.3, 0.4) is 0 Å². The van der Waals surface area contributed by atoms with Gasteiger partial charge in [0.25, 0.3) is 5.91 Å². The third-order valence-electron chi connectivity index (χ3n) is 3.61. The molecule has 0 aliphatic heterocycles. The lowest BCUT2D eigenvalue weighted by Gasteiger charge is -2.29. The van der Waals surface area contributed by atoms with Gasteiger partial charge in [-0.1, -0.05) is 0 Å². The zero-order valence-corrected chi connectivity index (χ0v) is 12.2. The van der Waals surface area contributed by atoms with Crippen LogP contribution in [0.2, 0.25) is 0 Å². The van der Waals surface area contributed by atoms with E-state index in [4.69, 9.17) is 5.73 Å². The van der Waals surface area contributed by atoms with Gasteiger partial charge in [-0.05, 0) is 32.6 Å². The highest BCUT2D eigenvalue weighted by Gasteiger charge is 2.24. The minimum absolute atomic E-state index is 0.00196. The van der Waals surface area contributed by atoms with Crippen molar-refractivity contribution in [3.8, 4) is 0 Å². The molecule has 0 radical (unpaired) electrons. The predicted molar refractivity (Wildman–Crippen MR) is 76.4 cm³/mol. The van der Waals surface area contributed by atoms with Crippen LogP contribution in [0.15, 0.2) is 0 Å². The van der Waals surface area contributed by atoms with E-state index in [2.05, 4.69) is 25.8 Å². The van der Waals surface area contributed by atoms with E-state index in [1.807, 2.05) is 0 Å². The maximum Gasteiger partial charge on any atom is 0.289 e. The Labute approximate surface area is 123 Å². The van der Waals surface area contributed by atoms with Crippen molar-refractivity contribution in [2.75, 3.05) is 6.54 Å². The van der Waals surface area contributed by atoms with Crippen LogP contribution in [0, 0.1) is 6.92 Å². The Morgan fingerprint density at radius 3 is 2.33 bits per heavy atom. The summed E-state index contributed by atoms with van der Waals surface area (Å²) in [6.07, 6.45) is 3.76. The maximum absolute atomic E-state index is 11.9. The first kappa shape index (κ1) is 15.4. The first-order valence-corrected chi connectivity index (χ1v) is 7.28. The number of aromatic amines is 1. The third kappa shape index (κ3) is 4.52. The van der Waals surface area contributed by atoms with E-state index in [1.165, 1.54) is 0 Å². The van der Waals surface area contributed by atoms with Crippen molar-refractivity contribution in [1.29, 1.82) is 0 Å². The average molecular weight is 294 g/mol. The van der Waals surface area contributed by atoms with E-state index in [0.29, 0.717) is 18.8 Å². The number of aryl methyl sites for hydroxylation is 1. The molecule has 1 saturated carbocycles. The number of nitrogens with one attached hydrogen (secondary N) is 3. The molecule has 0 saturated heterocycles. The van der Waals surface area contributed by atoms with Gasteiger partial charge in [0.1, 0.15) is 5.82 Å². The van der Waals surface area contributed by atoms with Gasteiger partial charge < -0.3 is 21.4 Å². The van der Waals surface area contributed by atoms with Crippen molar-refractivity contribution in [2.24, 2.45) is 5.73 Å². The zero-order chi connectivity index (χ0) is 15.2. The van der Waals surface area contributed by atoms with E-state index in [0.717, 1.165) is 25.7 Å². The monoisotopic (exact) mass is 294 g/mol. The second kappa shape index (κ2) is 7.16. The van der Waals surface area contributed by atoms with E-state index < -0.39 is 0 Å². The summed E-state index contributed by atoms with van der Waals surface area (Å²) in [6, 6.07) is 0.301. The smallest absolute Gasteiger partial charge is 0.289 e. The Bertz CT molecular complexity index is 493. The lowest BCUT2D eigenvalue weighted by molar-refractivity contribution is -0.121. The van der Waals surface area contributed by atoms with Crippen molar-refractivity contribution >= 4 is 11.8 Å². The van der Waals surface area contributed by atoms with E-state index in [1.54, 1.807) is 6.92 Å². The standard InChI is InChI=1S/C13H22N6O2/c1-8-15-12(19-18-8)13(21)17-10-4-2-9(3-5-10)16-11(20)6-7-14/h9-10H,2-7,14H2,1H3,(H,16,20)(H,17,21)(H,15,18,19). The fourth-order valence-electron chi connectivity index (χ4n) is 2.52. The van der Waals surface area contributed by atoms with Crippen LogP contribution >= 0.6 is 0 Å². The molecule has 8 heteroatoms. The van der Waals surface area contributed by atoms with Crippen molar-refractivity contribution < 1.29 is 9.59 Å². The van der Waals surface area contributed by atoms with Crippen LogP contribution in [0.5, 0.6) is 0 Å². The van der Waals surface area contributed by atoms with Crippen LogP contribution in [0.4, 0.5) is 0 Å². The Morgan fingerprint density at radius 2 is 1.81 bits per heavy atom. The highest BCUT2D eigenvalue weighted by atomic mass is 16.2. The fraction of sp³-hybridized carbons (Fsp3) is 0.692. The molecule has 0 unspecified atom stereocenters. The third-order valence-corrected chi connectivity index (χ3v) is 3.61. The summed E-state index contributed by atoms with van der Waals surface area (Å²) in [5.41, 5.74) is 5.35. The molecule has 1 aliphatic carbocycles.